The van der Waals surface area contributed by atoms with Crippen molar-refractivity contribution < 1.29 is 17.9 Å². The van der Waals surface area contributed by atoms with Crippen molar-refractivity contribution in [2.24, 2.45) is 0 Å². The van der Waals surface area contributed by atoms with E-state index in [0.29, 0.717) is 29.5 Å². The summed E-state index contributed by atoms with van der Waals surface area (Å²) in [6, 6.07) is 9.46. The molecule has 0 aromatic heterocycles. The van der Waals surface area contributed by atoms with E-state index in [1.807, 2.05) is 6.07 Å². The molecule has 5 nitrogen and oxygen atoms in total. The number of hydrogen-bond acceptors (Lipinski definition) is 4. The Morgan fingerprint density at radius 2 is 1.85 bits per heavy atom. The van der Waals surface area contributed by atoms with E-state index in [-0.39, 0.29) is 16.0 Å². The van der Waals surface area contributed by atoms with E-state index in [2.05, 4.69) is 0 Å². The summed E-state index contributed by atoms with van der Waals surface area (Å²) in [7, 11) is -0.681. The second-order valence-corrected chi connectivity index (χ2v) is 8.66. The van der Waals surface area contributed by atoms with Crippen LogP contribution in [0, 0.1) is 0 Å². The highest BCUT2D eigenvalue weighted by molar-refractivity contribution is 7.89. The van der Waals surface area contributed by atoms with E-state index in [1.54, 1.807) is 32.4 Å². The third kappa shape index (κ3) is 3.51. The molecule has 3 rings (SSSR count). The number of ether oxygens (including phenoxy) is 2. The van der Waals surface area contributed by atoms with E-state index < -0.39 is 10.0 Å². The Bertz CT molecular complexity index is 917. The molecule has 0 spiro atoms. The number of sulfonamides is 1. The average Bonchev–Trinajstić information content (AvgIpc) is 3.13. The maximum absolute atomic E-state index is 13.3. The Labute approximate surface area is 163 Å². The summed E-state index contributed by atoms with van der Waals surface area (Å²) in [5.41, 5.74) is 0.770. The summed E-state index contributed by atoms with van der Waals surface area (Å²) >= 11 is 12.1. The molecule has 1 unspecified atom stereocenters. The van der Waals surface area contributed by atoms with E-state index in [9.17, 15) is 8.42 Å². The molecule has 1 heterocycles. The highest BCUT2D eigenvalue weighted by Gasteiger charge is 2.38. The second-order valence-electron chi connectivity index (χ2n) is 5.96. The lowest BCUT2D eigenvalue weighted by atomic mass is 10.0. The molecule has 26 heavy (non-hydrogen) atoms. The van der Waals surface area contributed by atoms with Gasteiger partial charge >= 0.3 is 0 Å². The van der Waals surface area contributed by atoms with E-state index in [1.165, 1.54) is 16.4 Å². The van der Waals surface area contributed by atoms with E-state index >= 15 is 0 Å². The fourth-order valence-electron chi connectivity index (χ4n) is 3.24. The summed E-state index contributed by atoms with van der Waals surface area (Å²) < 4.78 is 38.7. The van der Waals surface area contributed by atoms with Gasteiger partial charge in [-0.3, -0.25) is 0 Å². The molecule has 2 aromatic carbocycles. The summed E-state index contributed by atoms with van der Waals surface area (Å²) in [5, 5.41) is 0.473. The summed E-state index contributed by atoms with van der Waals surface area (Å²) in [5.74, 6) is 1.26. The first kappa shape index (κ1) is 19.3. The first-order chi connectivity index (χ1) is 12.4. The first-order valence-electron chi connectivity index (χ1n) is 8.07. The fourth-order valence-corrected chi connectivity index (χ4v) is 5.65. The normalized spacial score (nSPS) is 18.1. The third-order valence-corrected chi connectivity index (χ3v) is 7.10. The van der Waals surface area contributed by atoms with Crippen LogP contribution in [-0.4, -0.2) is 33.5 Å². The molecule has 0 saturated carbocycles. The van der Waals surface area contributed by atoms with Crippen LogP contribution in [0.25, 0.3) is 0 Å². The zero-order valence-electron chi connectivity index (χ0n) is 14.4. The van der Waals surface area contributed by atoms with E-state index in [0.717, 1.165) is 12.0 Å². The number of nitrogens with zero attached hydrogens (tertiary/aromatic N) is 1. The number of halogens is 2. The minimum absolute atomic E-state index is 0.0143. The Hall–Kier alpha value is -1.47. The first-order valence-corrected chi connectivity index (χ1v) is 10.3. The van der Waals surface area contributed by atoms with Gasteiger partial charge in [-0.05, 0) is 49.2 Å². The molecular weight excluding hydrogens is 397 g/mol. The number of rotatable bonds is 5. The molecule has 1 aliphatic heterocycles. The molecule has 1 saturated heterocycles. The van der Waals surface area contributed by atoms with Crippen LogP contribution in [-0.2, 0) is 10.0 Å². The van der Waals surface area contributed by atoms with Gasteiger partial charge in [0.25, 0.3) is 0 Å². The molecule has 0 amide bonds. The molecular formula is C18H19Cl2NO4S. The smallest absolute Gasteiger partial charge is 0.245 e. The zero-order valence-corrected chi connectivity index (χ0v) is 16.7. The maximum atomic E-state index is 13.3. The molecule has 0 N–H and O–H groups in total. The van der Waals surface area contributed by atoms with Gasteiger partial charge in [0.15, 0.2) is 0 Å². The fraction of sp³-hybridized carbons (Fsp3) is 0.333. The average molecular weight is 416 g/mol. The van der Waals surface area contributed by atoms with Gasteiger partial charge in [0.05, 0.1) is 25.3 Å². The Balaban J connectivity index is 2.07. The maximum Gasteiger partial charge on any atom is 0.245 e. The Morgan fingerprint density at radius 3 is 2.54 bits per heavy atom. The Kier molecular flexibility index (Phi) is 5.67. The standard InChI is InChI=1S/C18H19Cl2NO4S/c1-24-13-6-8-17(25-2)14(11-13)16-4-3-9-21(16)26(22,23)18-10-12(19)5-7-15(18)20/h5-8,10-11,16H,3-4,9H2,1-2H3. The van der Waals surface area contributed by atoms with Crippen LogP contribution in [0.15, 0.2) is 41.3 Å². The highest BCUT2D eigenvalue weighted by Crippen LogP contribution is 2.42. The van der Waals surface area contributed by atoms with Gasteiger partial charge in [-0.25, -0.2) is 8.42 Å². The quantitative estimate of drug-likeness (QED) is 0.719. The van der Waals surface area contributed by atoms with Crippen molar-refractivity contribution in [3.8, 4) is 11.5 Å². The van der Waals surface area contributed by atoms with E-state index in [4.69, 9.17) is 32.7 Å². The van der Waals surface area contributed by atoms with Crippen LogP contribution in [0.5, 0.6) is 11.5 Å². The van der Waals surface area contributed by atoms with Crippen molar-refractivity contribution in [3.05, 3.63) is 52.0 Å². The lowest BCUT2D eigenvalue weighted by molar-refractivity contribution is 0.361. The van der Waals surface area contributed by atoms with Gasteiger partial charge in [0.2, 0.25) is 10.0 Å². The molecule has 1 fully saturated rings. The van der Waals surface area contributed by atoms with Crippen LogP contribution in [0.1, 0.15) is 24.4 Å². The van der Waals surface area contributed by atoms with Gasteiger partial charge in [-0.1, -0.05) is 23.2 Å². The molecule has 0 aliphatic carbocycles. The molecule has 1 aliphatic rings. The number of methoxy groups -OCH3 is 2. The zero-order chi connectivity index (χ0) is 18.9. The van der Waals surface area contributed by atoms with Crippen LogP contribution in [0.2, 0.25) is 10.0 Å². The van der Waals surface area contributed by atoms with Crippen LogP contribution >= 0.6 is 23.2 Å². The minimum atomic E-state index is -3.81. The molecule has 8 heteroatoms. The largest absolute Gasteiger partial charge is 0.497 e. The molecule has 2 aromatic rings. The predicted molar refractivity (Wildman–Crippen MR) is 102 cm³/mol. The molecule has 0 bridgehead atoms. The highest BCUT2D eigenvalue weighted by atomic mass is 35.5. The molecule has 0 radical (unpaired) electrons. The number of benzene rings is 2. The van der Waals surface area contributed by atoms with Crippen LogP contribution in [0.3, 0.4) is 0 Å². The van der Waals surface area contributed by atoms with Gasteiger partial charge < -0.3 is 9.47 Å². The van der Waals surface area contributed by atoms with Gasteiger partial charge in [-0.2, -0.15) is 4.31 Å². The van der Waals surface area contributed by atoms with Gasteiger partial charge in [0.1, 0.15) is 16.4 Å². The summed E-state index contributed by atoms with van der Waals surface area (Å²) in [6.45, 7) is 0.399. The summed E-state index contributed by atoms with van der Waals surface area (Å²) in [6.07, 6.45) is 1.42. The van der Waals surface area contributed by atoms with Crippen molar-refractivity contribution in [1.29, 1.82) is 0 Å². The summed E-state index contributed by atoms with van der Waals surface area (Å²) in [4.78, 5) is 0.0143. The van der Waals surface area contributed by atoms with Gasteiger partial charge in [-0.15, -0.1) is 0 Å². The van der Waals surface area contributed by atoms with Crippen molar-refractivity contribution in [2.75, 3.05) is 20.8 Å². The van der Waals surface area contributed by atoms with Crippen LogP contribution in [0.4, 0.5) is 0 Å². The lowest BCUT2D eigenvalue weighted by Gasteiger charge is -2.26. The Morgan fingerprint density at radius 1 is 1.08 bits per heavy atom. The third-order valence-electron chi connectivity index (χ3n) is 4.48. The second kappa shape index (κ2) is 7.64. The van der Waals surface area contributed by atoms with Crippen molar-refractivity contribution >= 4 is 33.2 Å². The van der Waals surface area contributed by atoms with Crippen molar-refractivity contribution in [3.63, 3.8) is 0 Å². The predicted octanol–water partition coefficient (Wildman–Crippen LogP) is 4.54. The molecule has 1 atom stereocenters. The SMILES string of the molecule is COc1ccc(OC)c(C2CCCN2S(=O)(=O)c2cc(Cl)ccc2Cl)c1. The molecule has 140 valence electrons. The number of hydrogen-bond donors (Lipinski definition) is 0. The van der Waals surface area contributed by atoms with Gasteiger partial charge in [0, 0.05) is 17.1 Å². The topological polar surface area (TPSA) is 55.8 Å². The minimum Gasteiger partial charge on any atom is -0.497 e. The monoisotopic (exact) mass is 415 g/mol. The lowest BCUT2D eigenvalue weighted by Crippen LogP contribution is -2.31. The van der Waals surface area contributed by atoms with Crippen molar-refractivity contribution in [1.82, 2.24) is 4.31 Å². The van der Waals surface area contributed by atoms with Crippen LogP contribution < -0.4 is 9.47 Å². The van der Waals surface area contributed by atoms with Crippen molar-refractivity contribution in [2.45, 2.75) is 23.8 Å².